The number of nitrogens with zero attached hydrogens (tertiary/aromatic N) is 1. The van der Waals surface area contributed by atoms with Gasteiger partial charge in [0, 0.05) is 17.6 Å². The molecule has 0 heterocycles. The molecule has 2 rings (SSSR count). The summed E-state index contributed by atoms with van der Waals surface area (Å²) in [7, 11) is 0. The lowest BCUT2D eigenvalue weighted by molar-refractivity contribution is -0.143. The maximum atomic E-state index is 13.1. The van der Waals surface area contributed by atoms with E-state index in [2.05, 4.69) is 5.32 Å². The molecule has 0 aromatic heterocycles. The van der Waals surface area contributed by atoms with Crippen LogP contribution in [0, 0.1) is 6.92 Å². The molecule has 0 radical (unpaired) electrons. The average molecular weight is 431 g/mol. The van der Waals surface area contributed by atoms with Gasteiger partial charge in [0.05, 0.1) is 0 Å². The SMILES string of the molecule is CC[C@H](C)NC(=O)[C@H](CC)N(Cc1cccc(C)c1)C(=O)COc1cccc(Cl)c1. The number of carbonyl (C=O) groups excluding carboxylic acids is 2. The number of rotatable bonds is 10. The number of amides is 2. The summed E-state index contributed by atoms with van der Waals surface area (Å²) in [5, 5.41) is 3.54. The van der Waals surface area contributed by atoms with Crippen LogP contribution >= 0.6 is 11.6 Å². The molecule has 2 amide bonds. The van der Waals surface area contributed by atoms with Crippen LogP contribution in [0.5, 0.6) is 5.75 Å². The van der Waals surface area contributed by atoms with E-state index in [0.717, 1.165) is 17.5 Å². The number of hydrogen-bond acceptors (Lipinski definition) is 3. The molecule has 0 aliphatic carbocycles. The minimum absolute atomic E-state index is 0.0465. The summed E-state index contributed by atoms with van der Waals surface area (Å²) in [6, 6.07) is 14.3. The van der Waals surface area contributed by atoms with E-state index < -0.39 is 6.04 Å². The molecule has 1 N–H and O–H groups in total. The van der Waals surface area contributed by atoms with E-state index in [1.54, 1.807) is 29.2 Å². The Bertz CT molecular complexity index is 856. The first-order valence-electron chi connectivity index (χ1n) is 10.4. The molecule has 0 aliphatic rings. The third-order valence-electron chi connectivity index (χ3n) is 4.98. The highest BCUT2D eigenvalue weighted by atomic mass is 35.5. The molecule has 162 valence electrons. The van der Waals surface area contributed by atoms with Crippen molar-refractivity contribution in [3.8, 4) is 5.75 Å². The minimum atomic E-state index is -0.574. The van der Waals surface area contributed by atoms with Crippen LogP contribution in [0.1, 0.15) is 44.7 Å². The molecule has 0 saturated heterocycles. The zero-order valence-electron chi connectivity index (χ0n) is 18.2. The van der Waals surface area contributed by atoms with Crippen molar-refractivity contribution in [1.29, 1.82) is 0 Å². The maximum absolute atomic E-state index is 13.1. The van der Waals surface area contributed by atoms with Gasteiger partial charge in [-0.25, -0.2) is 0 Å². The second-order valence-corrected chi connectivity index (χ2v) is 7.94. The van der Waals surface area contributed by atoms with Gasteiger partial charge in [-0.15, -0.1) is 0 Å². The molecule has 0 aliphatic heterocycles. The van der Waals surface area contributed by atoms with Crippen molar-refractivity contribution in [3.05, 3.63) is 64.7 Å². The summed E-state index contributed by atoms with van der Waals surface area (Å²) < 4.78 is 5.66. The zero-order chi connectivity index (χ0) is 22.1. The van der Waals surface area contributed by atoms with Crippen LogP contribution in [0.15, 0.2) is 48.5 Å². The standard InChI is InChI=1S/C24H31ClN2O3/c1-5-18(4)26-24(29)22(6-2)27(15-19-10-7-9-17(3)13-19)23(28)16-30-21-12-8-11-20(25)14-21/h7-14,18,22H,5-6,15-16H2,1-4H3,(H,26,29)/t18-,22-/m0/s1. The fraction of sp³-hybridized carbons (Fsp3) is 0.417. The van der Waals surface area contributed by atoms with Crippen molar-refractivity contribution in [2.75, 3.05) is 6.61 Å². The molecule has 5 nitrogen and oxygen atoms in total. The highest BCUT2D eigenvalue weighted by molar-refractivity contribution is 6.30. The number of carbonyl (C=O) groups is 2. The number of benzene rings is 2. The molecule has 30 heavy (non-hydrogen) atoms. The first kappa shape index (κ1) is 23.7. The van der Waals surface area contributed by atoms with E-state index in [-0.39, 0.29) is 24.5 Å². The number of aryl methyl sites for hydroxylation is 1. The molecule has 0 saturated carbocycles. The number of ether oxygens (including phenoxy) is 1. The molecular formula is C24H31ClN2O3. The van der Waals surface area contributed by atoms with Crippen molar-refractivity contribution in [2.45, 2.75) is 59.2 Å². The molecule has 0 bridgehead atoms. The van der Waals surface area contributed by atoms with Crippen LogP contribution in [0.2, 0.25) is 5.02 Å². The van der Waals surface area contributed by atoms with E-state index in [1.807, 2.05) is 52.0 Å². The van der Waals surface area contributed by atoms with E-state index in [9.17, 15) is 9.59 Å². The molecule has 2 aromatic carbocycles. The highest BCUT2D eigenvalue weighted by Crippen LogP contribution is 2.18. The van der Waals surface area contributed by atoms with E-state index >= 15 is 0 Å². The Labute approximate surface area is 184 Å². The van der Waals surface area contributed by atoms with E-state index in [0.29, 0.717) is 23.7 Å². The van der Waals surface area contributed by atoms with Crippen molar-refractivity contribution >= 4 is 23.4 Å². The lowest BCUT2D eigenvalue weighted by Gasteiger charge is -2.31. The fourth-order valence-electron chi connectivity index (χ4n) is 3.15. The molecule has 2 atom stereocenters. The summed E-state index contributed by atoms with van der Waals surface area (Å²) >= 11 is 5.99. The molecule has 6 heteroatoms. The third-order valence-corrected chi connectivity index (χ3v) is 5.22. The summed E-state index contributed by atoms with van der Waals surface area (Å²) in [6.07, 6.45) is 1.34. The highest BCUT2D eigenvalue weighted by Gasteiger charge is 2.29. The quantitative estimate of drug-likeness (QED) is 0.591. The third kappa shape index (κ3) is 7.06. The smallest absolute Gasteiger partial charge is 0.261 e. The van der Waals surface area contributed by atoms with Gasteiger partial charge >= 0.3 is 0 Å². The Morgan fingerprint density at radius 3 is 2.47 bits per heavy atom. The molecular weight excluding hydrogens is 400 g/mol. The van der Waals surface area contributed by atoms with Crippen LogP contribution in [0.3, 0.4) is 0 Å². The van der Waals surface area contributed by atoms with Gasteiger partial charge in [0.1, 0.15) is 11.8 Å². The Balaban J connectivity index is 2.21. The average Bonchev–Trinajstić information content (AvgIpc) is 2.71. The minimum Gasteiger partial charge on any atom is -0.484 e. The van der Waals surface area contributed by atoms with Crippen LogP contribution in [-0.2, 0) is 16.1 Å². The van der Waals surface area contributed by atoms with Crippen LogP contribution in [0.25, 0.3) is 0 Å². The first-order chi connectivity index (χ1) is 14.3. The van der Waals surface area contributed by atoms with E-state index in [1.165, 1.54) is 0 Å². The normalized spacial score (nSPS) is 12.7. The molecule has 2 aromatic rings. The summed E-state index contributed by atoms with van der Waals surface area (Å²) in [5.41, 5.74) is 2.08. The van der Waals surface area contributed by atoms with Crippen molar-refractivity contribution < 1.29 is 14.3 Å². The first-order valence-corrected chi connectivity index (χ1v) is 10.8. The summed E-state index contributed by atoms with van der Waals surface area (Å²) in [5.74, 6) is 0.127. The Morgan fingerprint density at radius 1 is 1.10 bits per heavy atom. The van der Waals surface area contributed by atoms with Crippen LogP contribution in [-0.4, -0.2) is 35.4 Å². The topological polar surface area (TPSA) is 58.6 Å². The number of nitrogens with one attached hydrogen (secondary N) is 1. The number of hydrogen-bond donors (Lipinski definition) is 1. The van der Waals surface area contributed by atoms with Gasteiger partial charge in [-0.05, 0) is 50.5 Å². The molecule has 0 unspecified atom stereocenters. The van der Waals surface area contributed by atoms with Crippen molar-refractivity contribution in [1.82, 2.24) is 10.2 Å². The van der Waals surface area contributed by atoms with Gasteiger partial charge in [-0.2, -0.15) is 0 Å². The molecule has 0 fully saturated rings. The summed E-state index contributed by atoms with van der Waals surface area (Å²) in [6.45, 7) is 8.06. The number of halogens is 1. The Kier molecular flexibility index (Phi) is 9.18. The fourth-order valence-corrected chi connectivity index (χ4v) is 3.33. The van der Waals surface area contributed by atoms with Gasteiger partial charge in [0.2, 0.25) is 5.91 Å². The lowest BCUT2D eigenvalue weighted by Crippen LogP contribution is -2.51. The second kappa shape index (κ2) is 11.6. The van der Waals surface area contributed by atoms with Crippen LogP contribution < -0.4 is 10.1 Å². The lowest BCUT2D eigenvalue weighted by atomic mass is 10.1. The van der Waals surface area contributed by atoms with Gasteiger partial charge in [-0.1, -0.05) is 61.3 Å². The van der Waals surface area contributed by atoms with Gasteiger partial charge in [-0.3, -0.25) is 9.59 Å². The van der Waals surface area contributed by atoms with Crippen molar-refractivity contribution in [3.63, 3.8) is 0 Å². The van der Waals surface area contributed by atoms with Gasteiger partial charge < -0.3 is 15.0 Å². The molecule has 0 spiro atoms. The monoisotopic (exact) mass is 430 g/mol. The predicted octanol–water partition coefficient (Wildman–Crippen LogP) is 4.75. The van der Waals surface area contributed by atoms with Gasteiger partial charge in [0.25, 0.3) is 5.91 Å². The Morgan fingerprint density at radius 2 is 1.83 bits per heavy atom. The van der Waals surface area contributed by atoms with E-state index in [4.69, 9.17) is 16.3 Å². The zero-order valence-corrected chi connectivity index (χ0v) is 18.9. The predicted molar refractivity (Wildman–Crippen MR) is 121 cm³/mol. The largest absolute Gasteiger partial charge is 0.484 e. The Hall–Kier alpha value is -2.53. The maximum Gasteiger partial charge on any atom is 0.261 e. The summed E-state index contributed by atoms with van der Waals surface area (Å²) in [4.78, 5) is 27.6. The van der Waals surface area contributed by atoms with Crippen LogP contribution in [0.4, 0.5) is 0 Å². The van der Waals surface area contributed by atoms with Gasteiger partial charge in [0.15, 0.2) is 6.61 Å². The second-order valence-electron chi connectivity index (χ2n) is 7.50. The van der Waals surface area contributed by atoms with Crippen molar-refractivity contribution in [2.24, 2.45) is 0 Å².